The van der Waals surface area contributed by atoms with E-state index in [-0.39, 0.29) is 11.5 Å². The summed E-state index contributed by atoms with van der Waals surface area (Å²) in [5.74, 6) is -0.767. The van der Waals surface area contributed by atoms with E-state index in [2.05, 4.69) is 30.2 Å². The largest absolute Gasteiger partial charge is 0.508 e. The molecule has 3 N–H and O–H groups in total. The van der Waals surface area contributed by atoms with Gasteiger partial charge in [0.25, 0.3) is 5.91 Å². The zero-order valence-corrected chi connectivity index (χ0v) is 24.6. The molecule has 0 spiro atoms. The number of benzene rings is 2. The standard InChI is InChI=1S/C30H43N3O5S/c1-6-7-8-9-12-19-33(28(36)25(20-39)32-29(37)38-30(3,4)5)26(22-15-17-23(34)18-16-22)27(35)31-24-14-11-10-13-21(24)2/h10-11,13-18,25-26,34,39H,6-9,12,19-20H2,1-5H3,(H,31,35)(H,32,37). The highest BCUT2D eigenvalue weighted by Crippen LogP contribution is 2.27. The van der Waals surface area contributed by atoms with Crippen LogP contribution in [0.1, 0.15) is 77.0 Å². The SMILES string of the molecule is CCCCCCCN(C(=O)C(CS)NC(=O)OC(C)(C)C)C(C(=O)Nc1ccccc1C)c1ccc(O)cc1. The van der Waals surface area contributed by atoms with E-state index in [1.807, 2.05) is 25.1 Å². The van der Waals surface area contributed by atoms with E-state index < -0.39 is 35.6 Å². The van der Waals surface area contributed by atoms with Crippen LogP contribution in [0.3, 0.4) is 0 Å². The van der Waals surface area contributed by atoms with Crippen molar-refractivity contribution in [2.24, 2.45) is 0 Å². The molecule has 8 nitrogen and oxygen atoms in total. The highest BCUT2D eigenvalue weighted by molar-refractivity contribution is 7.80. The van der Waals surface area contributed by atoms with E-state index >= 15 is 0 Å². The molecule has 2 rings (SSSR count). The van der Waals surface area contributed by atoms with Crippen LogP contribution in [0.5, 0.6) is 5.75 Å². The van der Waals surface area contributed by atoms with E-state index in [0.717, 1.165) is 31.2 Å². The summed E-state index contributed by atoms with van der Waals surface area (Å²) >= 11 is 4.34. The summed E-state index contributed by atoms with van der Waals surface area (Å²) in [4.78, 5) is 41.9. The highest BCUT2D eigenvalue weighted by Gasteiger charge is 2.36. The summed E-state index contributed by atoms with van der Waals surface area (Å²) in [5, 5.41) is 15.5. The number of amides is 3. The van der Waals surface area contributed by atoms with Gasteiger partial charge in [-0.25, -0.2) is 4.79 Å². The predicted octanol–water partition coefficient (Wildman–Crippen LogP) is 6.00. The number of ether oxygens (including phenoxy) is 1. The molecule has 0 bridgehead atoms. The molecule has 0 fully saturated rings. The highest BCUT2D eigenvalue weighted by atomic mass is 32.1. The Balaban J connectivity index is 2.45. The number of hydrogen-bond acceptors (Lipinski definition) is 6. The molecule has 0 heterocycles. The Morgan fingerprint density at radius 1 is 1.00 bits per heavy atom. The van der Waals surface area contributed by atoms with Gasteiger partial charge in [-0.2, -0.15) is 12.6 Å². The average Bonchev–Trinajstić information content (AvgIpc) is 2.87. The molecule has 0 aliphatic heterocycles. The molecule has 3 amide bonds. The Bertz CT molecular complexity index is 1080. The average molecular weight is 558 g/mol. The first-order valence-electron chi connectivity index (χ1n) is 13.5. The maximum Gasteiger partial charge on any atom is 0.408 e. The van der Waals surface area contributed by atoms with Gasteiger partial charge in [0.05, 0.1) is 0 Å². The number of rotatable bonds is 13. The number of phenols is 1. The molecule has 0 aliphatic rings. The summed E-state index contributed by atoms with van der Waals surface area (Å²) in [6.45, 7) is 9.54. The molecule has 39 heavy (non-hydrogen) atoms. The van der Waals surface area contributed by atoms with Crippen molar-refractivity contribution in [1.29, 1.82) is 0 Å². The first kappa shape index (κ1) is 32.0. The van der Waals surface area contributed by atoms with Crippen LogP contribution >= 0.6 is 12.6 Å². The third kappa shape index (κ3) is 10.5. The Morgan fingerprint density at radius 2 is 1.64 bits per heavy atom. The van der Waals surface area contributed by atoms with E-state index in [0.29, 0.717) is 24.2 Å². The number of nitrogens with one attached hydrogen (secondary N) is 2. The molecule has 2 unspecified atom stereocenters. The summed E-state index contributed by atoms with van der Waals surface area (Å²) in [7, 11) is 0. The number of para-hydroxylation sites is 1. The molecule has 0 aromatic heterocycles. The van der Waals surface area contributed by atoms with Gasteiger partial charge < -0.3 is 25.4 Å². The van der Waals surface area contributed by atoms with Crippen LogP contribution in [0, 0.1) is 6.92 Å². The Kier molecular flexibility index (Phi) is 12.6. The maximum atomic E-state index is 14.0. The van der Waals surface area contributed by atoms with Crippen molar-refractivity contribution >= 4 is 36.2 Å². The van der Waals surface area contributed by atoms with Crippen molar-refractivity contribution in [3.05, 3.63) is 59.7 Å². The lowest BCUT2D eigenvalue weighted by atomic mass is 10.0. The van der Waals surface area contributed by atoms with Crippen molar-refractivity contribution < 1.29 is 24.2 Å². The fourth-order valence-electron chi connectivity index (χ4n) is 4.13. The Morgan fingerprint density at radius 3 is 2.23 bits per heavy atom. The predicted molar refractivity (Wildman–Crippen MR) is 158 cm³/mol. The van der Waals surface area contributed by atoms with Crippen molar-refractivity contribution in [1.82, 2.24) is 10.2 Å². The molecule has 2 atom stereocenters. The summed E-state index contributed by atoms with van der Waals surface area (Å²) in [6.07, 6.45) is 4.03. The van der Waals surface area contributed by atoms with Crippen LogP contribution < -0.4 is 10.6 Å². The lowest BCUT2D eigenvalue weighted by Crippen LogP contribution is -2.53. The molecule has 2 aromatic rings. The van der Waals surface area contributed by atoms with Gasteiger partial charge in [0.2, 0.25) is 5.91 Å². The summed E-state index contributed by atoms with van der Waals surface area (Å²) in [5.41, 5.74) is 1.32. The molecule has 0 aliphatic carbocycles. The van der Waals surface area contributed by atoms with Gasteiger partial charge in [-0.15, -0.1) is 0 Å². The normalized spacial score (nSPS) is 12.8. The number of unbranched alkanes of at least 4 members (excludes halogenated alkanes) is 4. The van der Waals surface area contributed by atoms with Crippen molar-refractivity contribution in [3.8, 4) is 5.75 Å². The maximum absolute atomic E-state index is 14.0. The number of nitrogens with zero attached hydrogens (tertiary/aromatic N) is 1. The second kappa shape index (κ2) is 15.4. The lowest BCUT2D eigenvalue weighted by molar-refractivity contribution is -0.140. The monoisotopic (exact) mass is 557 g/mol. The van der Waals surface area contributed by atoms with Crippen molar-refractivity contribution in [2.45, 2.75) is 84.4 Å². The van der Waals surface area contributed by atoms with Gasteiger partial charge >= 0.3 is 6.09 Å². The first-order valence-corrected chi connectivity index (χ1v) is 14.2. The smallest absolute Gasteiger partial charge is 0.408 e. The number of anilines is 1. The van der Waals surface area contributed by atoms with Crippen LogP contribution in [0.25, 0.3) is 0 Å². The van der Waals surface area contributed by atoms with Gasteiger partial charge in [-0.1, -0.05) is 62.9 Å². The number of carbonyl (C=O) groups excluding carboxylic acids is 3. The third-order valence-corrected chi connectivity index (χ3v) is 6.49. The summed E-state index contributed by atoms with van der Waals surface area (Å²) < 4.78 is 5.36. The lowest BCUT2D eigenvalue weighted by Gasteiger charge is -2.34. The topological polar surface area (TPSA) is 108 Å². The molecule has 9 heteroatoms. The number of alkyl carbamates (subject to hydrolysis) is 1. The fourth-order valence-corrected chi connectivity index (χ4v) is 4.38. The van der Waals surface area contributed by atoms with Crippen LogP contribution in [0.15, 0.2) is 48.5 Å². The summed E-state index contributed by atoms with van der Waals surface area (Å²) in [6, 6.07) is 11.6. The Hall–Kier alpha value is -3.20. The van der Waals surface area contributed by atoms with E-state index in [1.54, 1.807) is 39.0 Å². The molecule has 0 saturated carbocycles. The van der Waals surface area contributed by atoms with Crippen LogP contribution in [-0.4, -0.2) is 51.9 Å². The number of phenolic OH excluding ortho intramolecular Hbond substituents is 1. The van der Waals surface area contributed by atoms with Crippen LogP contribution in [-0.2, 0) is 14.3 Å². The van der Waals surface area contributed by atoms with Gasteiger partial charge in [0, 0.05) is 18.0 Å². The van der Waals surface area contributed by atoms with E-state index in [4.69, 9.17) is 4.74 Å². The van der Waals surface area contributed by atoms with E-state index in [9.17, 15) is 19.5 Å². The Labute approximate surface area is 237 Å². The van der Waals surface area contributed by atoms with Gasteiger partial charge in [0.1, 0.15) is 23.4 Å². The number of aryl methyl sites for hydroxylation is 1. The number of carbonyl (C=O) groups is 3. The fraction of sp³-hybridized carbons (Fsp3) is 0.500. The molecular weight excluding hydrogens is 514 g/mol. The van der Waals surface area contributed by atoms with Crippen molar-refractivity contribution in [2.75, 3.05) is 17.6 Å². The van der Waals surface area contributed by atoms with Gasteiger partial charge in [-0.05, 0) is 63.4 Å². The van der Waals surface area contributed by atoms with E-state index in [1.165, 1.54) is 17.0 Å². The molecule has 0 radical (unpaired) electrons. The minimum Gasteiger partial charge on any atom is -0.508 e. The van der Waals surface area contributed by atoms with Crippen LogP contribution in [0.4, 0.5) is 10.5 Å². The van der Waals surface area contributed by atoms with Crippen molar-refractivity contribution in [3.63, 3.8) is 0 Å². The molecule has 214 valence electrons. The first-order chi connectivity index (χ1) is 18.5. The number of thiol groups is 1. The quantitative estimate of drug-likeness (QED) is 0.178. The van der Waals surface area contributed by atoms with Crippen LogP contribution in [0.2, 0.25) is 0 Å². The zero-order valence-electron chi connectivity index (χ0n) is 23.7. The number of aromatic hydroxyl groups is 1. The minimum absolute atomic E-state index is 0.0200. The van der Waals surface area contributed by atoms with Gasteiger partial charge in [0.15, 0.2) is 0 Å². The second-order valence-electron chi connectivity index (χ2n) is 10.6. The number of hydrogen-bond donors (Lipinski definition) is 4. The second-order valence-corrected chi connectivity index (χ2v) is 11.0. The third-order valence-electron chi connectivity index (χ3n) is 6.13. The minimum atomic E-state index is -1.01. The zero-order chi connectivity index (χ0) is 29.0. The molecular formula is C30H43N3O5S. The molecule has 0 saturated heterocycles. The van der Waals surface area contributed by atoms with Gasteiger partial charge in [-0.3, -0.25) is 9.59 Å². The molecule has 2 aromatic carbocycles.